The van der Waals surface area contributed by atoms with E-state index in [1.165, 1.54) is 19.2 Å². The molecule has 1 aromatic rings. The Morgan fingerprint density at radius 2 is 1.40 bits per heavy atom. The van der Waals surface area contributed by atoms with Crippen LogP contribution in [0.1, 0.15) is 80.7 Å². The van der Waals surface area contributed by atoms with Gasteiger partial charge in [0, 0.05) is 13.0 Å². The minimum absolute atomic E-state index is 0.0756. The normalized spacial score (nSPS) is 13.2. The van der Waals surface area contributed by atoms with E-state index >= 15 is 0 Å². The van der Waals surface area contributed by atoms with Crippen LogP contribution in [0.2, 0.25) is 0 Å². The van der Waals surface area contributed by atoms with Crippen LogP contribution in [-0.2, 0) is 35.0 Å². The fourth-order valence-corrected chi connectivity index (χ4v) is 3.22. The van der Waals surface area contributed by atoms with Gasteiger partial charge >= 0.3 is 24.2 Å². The minimum Gasteiger partial charge on any atom is -0.468 e. The van der Waals surface area contributed by atoms with E-state index in [0.717, 1.165) is 6.42 Å². The third-order valence-electron chi connectivity index (χ3n) is 5.01. The Kier molecular flexibility index (Phi) is 13.4. The Labute approximate surface area is 237 Å². The van der Waals surface area contributed by atoms with Crippen molar-refractivity contribution in [1.82, 2.24) is 5.32 Å². The first kappa shape index (κ1) is 34.7. The van der Waals surface area contributed by atoms with Crippen molar-refractivity contribution in [2.24, 2.45) is 5.92 Å². The van der Waals surface area contributed by atoms with E-state index in [4.69, 9.17) is 28.4 Å². The number of hydrogen-bond donors (Lipinski definition) is 1. The summed E-state index contributed by atoms with van der Waals surface area (Å²) < 4.78 is 31.4. The smallest absolute Gasteiger partial charge is 0.468 e. The third-order valence-corrected chi connectivity index (χ3v) is 5.01. The van der Waals surface area contributed by atoms with E-state index in [1.807, 2.05) is 13.8 Å². The highest BCUT2D eigenvalue weighted by atomic mass is 16.8. The first-order valence-electron chi connectivity index (χ1n) is 13.3. The summed E-state index contributed by atoms with van der Waals surface area (Å²) in [7, 11) is 1.27. The van der Waals surface area contributed by atoms with Gasteiger partial charge in [-0.2, -0.15) is 0 Å². The van der Waals surface area contributed by atoms with Gasteiger partial charge in [0.1, 0.15) is 23.3 Å². The molecule has 11 heteroatoms. The van der Waals surface area contributed by atoms with Crippen LogP contribution >= 0.6 is 0 Å². The molecule has 0 bridgehead atoms. The molecule has 0 heterocycles. The molecule has 1 rings (SSSR count). The molecule has 0 aliphatic heterocycles. The van der Waals surface area contributed by atoms with Gasteiger partial charge in [-0.25, -0.2) is 9.59 Å². The molecule has 11 nitrogen and oxygen atoms in total. The standard InChI is InChI=1S/C29H45NO10/c1-18(2)11-14-24(31)36-19(3)17-30-21(25(32)35-10)15-20-12-13-22(37-26(33)39-28(4,5)6)23(16-20)38-27(34)40-29(7,8)9/h12-13,16,18-19,21,30H,11,14-15,17H2,1-10H3/t19?,21-/m0/s1. The lowest BCUT2D eigenvalue weighted by Gasteiger charge is -2.22. The molecule has 0 aromatic heterocycles. The largest absolute Gasteiger partial charge is 0.514 e. The maximum absolute atomic E-state index is 12.5. The van der Waals surface area contributed by atoms with Crippen molar-refractivity contribution in [3.05, 3.63) is 23.8 Å². The first-order valence-corrected chi connectivity index (χ1v) is 13.3. The highest BCUT2D eigenvalue weighted by molar-refractivity contribution is 5.76. The Morgan fingerprint density at radius 1 is 0.850 bits per heavy atom. The molecule has 0 radical (unpaired) electrons. The lowest BCUT2D eigenvalue weighted by Crippen LogP contribution is -2.43. The lowest BCUT2D eigenvalue weighted by atomic mass is 10.0. The fourth-order valence-electron chi connectivity index (χ4n) is 3.22. The molecular weight excluding hydrogens is 522 g/mol. The van der Waals surface area contributed by atoms with Crippen molar-refractivity contribution in [3.8, 4) is 11.5 Å². The highest BCUT2D eigenvalue weighted by Crippen LogP contribution is 2.31. The van der Waals surface area contributed by atoms with E-state index in [2.05, 4.69) is 5.32 Å². The second-order valence-corrected chi connectivity index (χ2v) is 11.8. The molecular formula is C29H45NO10. The van der Waals surface area contributed by atoms with Crippen molar-refractivity contribution < 1.29 is 47.6 Å². The fraction of sp³-hybridized carbons (Fsp3) is 0.655. The predicted octanol–water partition coefficient (Wildman–Crippen LogP) is 5.36. The predicted molar refractivity (Wildman–Crippen MR) is 147 cm³/mol. The molecule has 0 amide bonds. The Morgan fingerprint density at radius 3 is 1.90 bits per heavy atom. The van der Waals surface area contributed by atoms with E-state index < -0.39 is 41.6 Å². The van der Waals surface area contributed by atoms with E-state index in [9.17, 15) is 19.2 Å². The maximum atomic E-state index is 12.5. The molecule has 0 saturated carbocycles. The van der Waals surface area contributed by atoms with Crippen LogP contribution < -0.4 is 14.8 Å². The molecule has 1 aromatic carbocycles. The molecule has 1 N–H and O–H groups in total. The first-order chi connectivity index (χ1) is 18.4. The summed E-state index contributed by atoms with van der Waals surface area (Å²) >= 11 is 0. The molecule has 0 aliphatic carbocycles. The molecule has 0 spiro atoms. The van der Waals surface area contributed by atoms with Crippen LogP contribution in [0.3, 0.4) is 0 Å². The van der Waals surface area contributed by atoms with Gasteiger partial charge in [-0.05, 0) is 84.9 Å². The summed E-state index contributed by atoms with van der Waals surface area (Å²) in [6.07, 6.45) is -1.30. The van der Waals surface area contributed by atoms with Gasteiger partial charge < -0.3 is 33.7 Å². The van der Waals surface area contributed by atoms with Crippen LogP contribution in [-0.4, -0.2) is 61.3 Å². The highest BCUT2D eigenvalue weighted by Gasteiger charge is 2.25. The summed E-state index contributed by atoms with van der Waals surface area (Å²) in [6, 6.07) is 3.67. The van der Waals surface area contributed by atoms with Gasteiger partial charge in [0.25, 0.3) is 0 Å². The zero-order chi connectivity index (χ0) is 30.7. The number of esters is 2. The number of nitrogens with one attached hydrogen (secondary N) is 1. The third kappa shape index (κ3) is 14.7. The number of carbonyl (C=O) groups is 4. The van der Waals surface area contributed by atoms with Gasteiger partial charge in [0.05, 0.1) is 7.11 Å². The molecule has 2 atom stereocenters. The summed E-state index contributed by atoms with van der Waals surface area (Å²) in [5.74, 6) is -0.638. The number of hydrogen-bond acceptors (Lipinski definition) is 11. The van der Waals surface area contributed by atoms with Crippen molar-refractivity contribution >= 4 is 24.2 Å². The topological polar surface area (TPSA) is 136 Å². The summed E-state index contributed by atoms with van der Waals surface area (Å²) in [4.78, 5) is 49.2. The molecule has 1 unspecified atom stereocenters. The van der Waals surface area contributed by atoms with E-state index in [0.29, 0.717) is 17.9 Å². The summed E-state index contributed by atoms with van der Waals surface area (Å²) in [6.45, 7) is 16.1. The average Bonchev–Trinajstić information content (AvgIpc) is 2.79. The van der Waals surface area contributed by atoms with Crippen molar-refractivity contribution in [1.29, 1.82) is 0 Å². The quantitative estimate of drug-likeness (QED) is 0.199. The van der Waals surface area contributed by atoms with Gasteiger partial charge in [0.2, 0.25) is 0 Å². The van der Waals surface area contributed by atoms with Crippen molar-refractivity contribution in [3.63, 3.8) is 0 Å². The molecule has 0 fully saturated rings. The minimum atomic E-state index is -1.01. The average molecular weight is 568 g/mol. The second kappa shape index (κ2) is 15.4. The molecule has 226 valence electrons. The number of carbonyl (C=O) groups excluding carboxylic acids is 4. The number of ether oxygens (including phenoxy) is 6. The molecule has 40 heavy (non-hydrogen) atoms. The van der Waals surface area contributed by atoms with E-state index in [1.54, 1.807) is 54.5 Å². The van der Waals surface area contributed by atoms with Gasteiger partial charge in [-0.15, -0.1) is 0 Å². The summed E-state index contributed by atoms with van der Waals surface area (Å²) in [5.41, 5.74) is -1.07. The lowest BCUT2D eigenvalue weighted by molar-refractivity contribution is -0.148. The van der Waals surface area contributed by atoms with Crippen molar-refractivity contribution in [2.45, 2.75) is 105 Å². The zero-order valence-electron chi connectivity index (χ0n) is 25.4. The maximum Gasteiger partial charge on any atom is 0.514 e. The second-order valence-electron chi connectivity index (χ2n) is 11.8. The Bertz CT molecular complexity index is 1010. The van der Waals surface area contributed by atoms with Crippen LogP contribution in [0.5, 0.6) is 11.5 Å². The summed E-state index contributed by atoms with van der Waals surface area (Å²) in [5, 5.41) is 3.06. The number of rotatable bonds is 12. The van der Waals surface area contributed by atoms with Crippen LogP contribution in [0, 0.1) is 5.92 Å². The zero-order valence-corrected chi connectivity index (χ0v) is 25.4. The van der Waals surface area contributed by atoms with Crippen LogP contribution in [0.25, 0.3) is 0 Å². The molecule has 0 aliphatic rings. The van der Waals surface area contributed by atoms with Crippen LogP contribution in [0.4, 0.5) is 9.59 Å². The Balaban J connectivity index is 3.08. The van der Waals surface area contributed by atoms with Crippen molar-refractivity contribution in [2.75, 3.05) is 13.7 Å². The molecule has 0 saturated heterocycles. The van der Waals surface area contributed by atoms with Crippen LogP contribution in [0.15, 0.2) is 18.2 Å². The van der Waals surface area contributed by atoms with Gasteiger partial charge in [0.15, 0.2) is 11.5 Å². The SMILES string of the molecule is COC(=O)[C@H](Cc1ccc(OC(=O)OC(C)(C)C)c(OC(=O)OC(C)(C)C)c1)NCC(C)OC(=O)CCC(C)C. The Hall–Kier alpha value is -3.34. The number of benzene rings is 1. The van der Waals surface area contributed by atoms with Gasteiger partial charge in [-0.3, -0.25) is 9.59 Å². The monoisotopic (exact) mass is 567 g/mol. The van der Waals surface area contributed by atoms with Gasteiger partial charge in [-0.1, -0.05) is 19.9 Å². The number of methoxy groups -OCH3 is 1. The van der Waals surface area contributed by atoms with E-state index in [-0.39, 0.29) is 30.4 Å².